The molecular formula is C24H28N4OS. The van der Waals surface area contributed by atoms with E-state index < -0.39 is 0 Å². The van der Waals surface area contributed by atoms with Crippen LogP contribution in [-0.2, 0) is 4.74 Å². The number of nitrogens with zero attached hydrogens (tertiary/aromatic N) is 3. The average Bonchev–Trinajstić information content (AvgIpc) is 3.47. The van der Waals surface area contributed by atoms with Crippen molar-refractivity contribution in [3.8, 4) is 11.3 Å². The van der Waals surface area contributed by atoms with Gasteiger partial charge in [0, 0.05) is 67.2 Å². The van der Waals surface area contributed by atoms with Crippen LogP contribution in [0.3, 0.4) is 0 Å². The summed E-state index contributed by atoms with van der Waals surface area (Å²) in [5.74, 6) is 1.35. The van der Waals surface area contributed by atoms with Gasteiger partial charge in [0.05, 0.1) is 34.8 Å². The molecule has 3 aromatic rings. The van der Waals surface area contributed by atoms with Crippen LogP contribution in [0.5, 0.6) is 0 Å². The first kappa shape index (κ1) is 18.6. The van der Waals surface area contributed by atoms with Crippen molar-refractivity contribution in [3.63, 3.8) is 0 Å². The SMILES string of the molecule is Cc1cc2nc(-c3ccc(N4CCNCC4)cc3)cc(N3CC4COCC4C3)c2s1. The van der Waals surface area contributed by atoms with E-state index in [1.54, 1.807) is 0 Å². The number of hydrogen-bond acceptors (Lipinski definition) is 6. The number of aromatic nitrogens is 1. The lowest BCUT2D eigenvalue weighted by Crippen LogP contribution is -2.43. The average molecular weight is 421 g/mol. The lowest BCUT2D eigenvalue weighted by atomic mass is 10.0. The first-order chi connectivity index (χ1) is 14.7. The fourth-order valence-corrected chi connectivity index (χ4v) is 6.15. The largest absolute Gasteiger partial charge is 0.381 e. The molecule has 2 atom stereocenters. The highest BCUT2D eigenvalue weighted by Gasteiger charge is 2.38. The molecule has 0 radical (unpaired) electrons. The van der Waals surface area contributed by atoms with E-state index in [0.29, 0.717) is 11.8 Å². The first-order valence-corrected chi connectivity index (χ1v) is 11.9. The molecular weight excluding hydrogens is 392 g/mol. The van der Waals surface area contributed by atoms with Crippen molar-refractivity contribution in [2.75, 3.05) is 62.3 Å². The smallest absolute Gasteiger partial charge is 0.0841 e. The van der Waals surface area contributed by atoms with E-state index in [4.69, 9.17) is 9.72 Å². The van der Waals surface area contributed by atoms with Crippen LogP contribution in [0.15, 0.2) is 36.4 Å². The summed E-state index contributed by atoms with van der Waals surface area (Å²) < 4.78 is 7.03. The van der Waals surface area contributed by atoms with E-state index in [0.717, 1.165) is 63.7 Å². The van der Waals surface area contributed by atoms with Crippen LogP contribution in [0.1, 0.15) is 4.88 Å². The Hall–Kier alpha value is -2.15. The molecule has 0 bridgehead atoms. The van der Waals surface area contributed by atoms with E-state index in [9.17, 15) is 0 Å². The predicted molar refractivity (Wildman–Crippen MR) is 125 cm³/mol. The van der Waals surface area contributed by atoms with Crippen LogP contribution < -0.4 is 15.1 Å². The van der Waals surface area contributed by atoms with Crippen LogP contribution in [-0.4, -0.2) is 57.5 Å². The highest BCUT2D eigenvalue weighted by Crippen LogP contribution is 2.40. The number of piperazine rings is 1. The number of pyridine rings is 1. The summed E-state index contributed by atoms with van der Waals surface area (Å²) in [6.07, 6.45) is 0. The number of benzene rings is 1. The molecule has 6 heteroatoms. The zero-order chi connectivity index (χ0) is 20.1. The van der Waals surface area contributed by atoms with Gasteiger partial charge >= 0.3 is 0 Å². The predicted octanol–water partition coefficient (Wildman–Crippen LogP) is 3.76. The second-order valence-corrected chi connectivity index (χ2v) is 10.1. The quantitative estimate of drug-likeness (QED) is 0.699. The molecule has 3 saturated heterocycles. The van der Waals surface area contributed by atoms with Gasteiger partial charge in [-0.25, -0.2) is 4.98 Å². The molecule has 0 saturated carbocycles. The molecule has 2 unspecified atom stereocenters. The molecule has 5 nitrogen and oxygen atoms in total. The molecule has 6 rings (SSSR count). The minimum absolute atomic E-state index is 0.677. The summed E-state index contributed by atoms with van der Waals surface area (Å²) in [6, 6.07) is 13.5. The van der Waals surface area contributed by atoms with Crippen molar-refractivity contribution >= 4 is 32.9 Å². The minimum Gasteiger partial charge on any atom is -0.381 e. The Morgan fingerprint density at radius 1 is 1.00 bits per heavy atom. The number of thiophene rings is 1. The standard InChI is InChI=1S/C24H28N4OS/c1-16-10-22-24(30-16)23(28-12-18-14-29-15-19(18)13-28)11-21(26-22)17-2-4-20(5-3-17)27-8-6-25-7-9-27/h2-5,10-11,18-19,25H,6-9,12-15H2,1H3. The number of hydrogen-bond donors (Lipinski definition) is 1. The monoisotopic (exact) mass is 420 g/mol. The molecule has 0 spiro atoms. The third kappa shape index (κ3) is 3.27. The summed E-state index contributed by atoms with van der Waals surface area (Å²) >= 11 is 1.87. The third-order valence-corrected chi connectivity index (χ3v) is 7.87. The Balaban J connectivity index is 1.35. The molecule has 0 aliphatic carbocycles. The zero-order valence-electron chi connectivity index (χ0n) is 17.4. The molecule has 5 heterocycles. The van der Waals surface area contributed by atoms with Gasteiger partial charge in [0.2, 0.25) is 0 Å². The van der Waals surface area contributed by atoms with Crippen LogP contribution in [0, 0.1) is 18.8 Å². The van der Waals surface area contributed by atoms with E-state index in [-0.39, 0.29) is 0 Å². The third-order valence-electron chi connectivity index (χ3n) is 6.81. The summed E-state index contributed by atoms with van der Waals surface area (Å²) in [5.41, 5.74) is 6.07. The highest BCUT2D eigenvalue weighted by molar-refractivity contribution is 7.19. The van der Waals surface area contributed by atoms with Crippen LogP contribution in [0.4, 0.5) is 11.4 Å². The van der Waals surface area contributed by atoms with Crippen molar-refractivity contribution in [2.45, 2.75) is 6.92 Å². The van der Waals surface area contributed by atoms with Crippen LogP contribution >= 0.6 is 11.3 Å². The molecule has 30 heavy (non-hydrogen) atoms. The Labute approximate surface area is 181 Å². The van der Waals surface area contributed by atoms with Gasteiger partial charge in [-0.3, -0.25) is 0 Å². The second-order valence-electron chi connectivity index (χ2n) is 8.84. The summed E-state index contributed by atoms with van der Waals surface area (Å²) in [4.78, 5) is 11.4. The molecule has 0 amide bonds. The van der Waals surface area contributed by atoms with Gasteiger partial charge in [-0.05, 0) is 31.2 Å². The molecule has 3 fully saturated rings. The number of rotatable bonds is 3. The van der Waals surface area contributed by atoms with Gasteiger partial charge in [-0.1, -0.05) is 12.1 Å². The number of ether oxygens (including phenoxy) is 1. The number of nitrogens with one attached hydrogen (secondary N) is 1. The summed E-state index contributed by atoms with van der Waals surface area (Å²) in [6.45, 7) is 10.5. The van der Waals surface area contributed by atoms with Crippen molar-refractivity contribution in [3.05, 3.63) is 41.3 Å². The Morgan fingerprint density at radius 2 is 1.73 bits per heavy atom. The minimum atomic E-state index is 0.677. The molecule has 2 aromatic heterocycles. The van der Waals surface area contributed by atoms with E-state index in [2.05, 4.69) is 58.4 Å². The maximum absolute atomic E-state index is 5.70. The number of aryl methyl sites for hydroxylation is 1. The highest BCUT2D eigenvalue weighted by atomic mass is 32.1. The summed E-state index contributed by atoms with van der Waals surface area (Å²) in [7, 11) is 0. The second kappa shape index (κ2) is 7.52. The van der Waals surface area contributed by atoms with Crippen molar-refractivity contribution in [1.29, 1.82) is 0 Å². The maximum atomic E-state index is 5.70. The molecule has 3 aliphatic rings. The zero-order valence-corrected chi connectivity index (χ0v) is 18.3. The van der Waals surface area contributed by atoms with Gasteiger partial charge < -0.3 is 19.9 Å². The Bertz CT molecular complexity index is 1050. The topological polar surface area (TPSA) is 40.6 Å². The first-order valence-electron chi connectivity index (χ1n) is 11.0. The van der Waals surface area contributed by atoms with Gasteiger partial charge in [0.15, 0.2) is 0 Å². The van der Waals surface area contributed by atoms with E-state index >= 15 is 0 Å². The Morgan fingerprint density at radius 3 is 2.47 bits per heavy atom. The fourth-order valence-electron chi connectivity index (χ4n) is 5.16. The molecule has 1 aromatic carbocycles. The van der Waals surface area contributed by atoms with E-state index in [1.807, 2.05) is 11.3 Å². The number of anilines is 2. The van der Waals surface area contributed by atoms with Crippen LogP contribution in [0.2, 0.25) is 0 Å². The van der Waals surface area contributed by atoms with Gasteiger partial charge in [-0.15, -0.1) is 11.3 Å². The van der Waals surface area contributed by atoms with Gasteiger partial charge in [0.25, 0.3) is 0 Å². The van der Waals surface area contributed by atoms with Gasteiger partial charge in [0.1, 0.15) is 0 Å². The number of fused-ring (bicyclic) bond motifs is 2. The van der Waals surface area contributed by atoms with Crippen molar-refractivity contribution < 1.29 is 4.74 Å². The Kier molecular flexibility index (Phi) is 4.66. The van der Waals surface area contributed by atoms with Crippen LogP contribution in [0.25, 0.3) is 21.5 Å². The van der Waals surface area contributed by atoms with Crippen molar-refractivity contribution in [2.24, 2.45) is 11.8 Å². The lowest BCUT2D eigenvalue weighted by Gasteiger charge is -2.29. The molecule has 156 valence electrons. The van der Waals surface area contributed by atoms with Crippen molar-refractivity contribution in [1.82, 2.24) is 10.3 Å². The summed E-state index contributed by atoms with van der Waals surface area (Å²) in [5, 5.41) is 3.42. The van der Waals surface area contributed by atoms with E-state index in [1.165, 1.54) is 26.5 Å². The lowest BCUT2D eigenvalue weighted by molar-refractivity contribution is 0.177. The molecule has 1 N–H and O–H groups in total. The maximum Gasteiger partial charge on any atom is 0.0841 e. The fraction of sp³-hybridized carbons (Fsp3) is 0.458. The normalized spacial score (nSPS) is 24.0. The molecule has 3 aliphatic heterocycles. The van der Waals surface area contributed by atoms with Gasteiger partial charge in [-0.2, -0.15) is 0 Å².